The fourth-order valence-corrected chi connectivity index (χ4v) is 2.82. The van der Waals surface area contributed by atoms with Gasteiger partial charge in [-0.2, -0.15) is 0 Å². The van der Waals surface area contributed by atoms with E-state index in [0.29, 0.717) is 26.2 Å². The Kier molecular flexibility index (Phi) is 3.19. The van der Waals surface area contributed by atoms with Gasteiger partial charge in [0, 0.05) is 9.50 Å². The molecule has 0 aliphatic rings. The molecular weight excluding hydrogens is 346 g/mol. The van der Waals surface area contributed by atoms with Crippen molar-refractivity contribution in [2.75, 3.05) is 0 Å². The van der Waals surface area contributed by atoms with Gasteiger partial charge < -0.3 is 5.11 Å². The minimum absolute atomic E-state index is 0.148. The van der Waals surface area contributed by atoms with Crippen LogP contribution in [0.25, 0.3) is 16.7 Å². The molecule has 0 saturated heterocycles. The van der Waals surface area contributed by atoms with Crippen LogP contribution in [-0.4, -0.2) is 26.1 Å². The standard InChI is InChI=1S/C13H7BrClN3O2/c14-9-6-7(15)4-5-11(9)18-12-8(13(19)20)2-1-3-10(12)16-17-18/h1-6H,(H,19,20). The van der Waals surface area contributed by atoms with Gasteiger partial charge in [0.25, 0.3) is 0 Å². The van der Waals surface area contributed by atoms with Crippen LogP contribution in [0, 0.1) is 0 Å². The predicted molar refractivity (Wildman–Crippen MR) is 78.5 cm³/mol. The number of aromatic nitrogens is 3. The molecule has 2 aromatic carbocycles. The molecule has 100 valence electrons. The molecule has 1 aromatic heterocycles. The van der Waals surface area contributed by atoms with Crippen molar-refractivity contribution < 1.29 is 9.90 Å². The van der Waals surface area contributed by atoms with Crippen LogP contribution in [0.2, 0.25) is 5.02 Å². The Morgan fingerprint density at radius 3 is 2.80 bits per heavy atom. The van der Waals surface area contributed by atoms with Crippen molar-refractivity contribution in [3.05, 3.63) is 51.5 Å². The lowest BCUT2D eigenvalue weighted by molar-refractivity contribution is 0.0698. The number of para-hydroxylation sites is 1. The van der Waals surface area contributed by atoms with E-state index in [1.165, 1.54) is 10.7 Å². The second-order valence-electron chi connectivity index (χ2n) is 4.08. The summed E-state index contributed by atoms with van der Waals surface area (Å²) < 4.78 is 2.19. The second-order valence-corrected chi connectivity index (χ2v) is 5.37. The quantitative estimate of drug-likeness (QED) is 0.766. The van der Waals surface area contributed by atoms with E-state index in [1.807, 2.05) is 0 Å². The van der Waals surface area contributed by atoms with Crippen LogP contribution >= 0.6 is 27.5 Å². The van der Waals surface area contributed by atoms with Gasteiger partial charge in [-0.05, 0) is 46.3 Å². The van der Waals surface area contributed by atoms with E-state index in [2.05, 4.69) is 26.2 Å². The van der Waals surface area contributed by atoms with Crippen molar-refractivity contribution in [1.29, 1.82) is 0 Å². The predicted octanol–water partition coefficient (Wildman–Crippen LogP) is 3.53. The van der Waals surface area contributed by atoms with Gasteiger partial charge in [-0.15, -0.1) is 5.10 Å². The number of rotatable bonds is 2. The minimum atomic E-state index is -1.02. The molecule has 1 N–H and O–H groups in total. The number of aromatic carboxylic acids is 1. The largest absolute Gasteiger partial charge is 0.478 e. The Bertz CT molecular complexity index is 832. The van der Waals surface area contributed by atoms with Gasteiger partial charge in [-0.3, -0.25) is 0 Å². The highest BCUT2D eigenvalue weighted by molar-refractivity contribution is 9.10. The van der Waals surface area contributed by atoms with Gasteiger partial charge in [0.15, 0.2) is 0 Å². The van der Waals surface area contributed by atoms with E-state index in [4.69, 9.17) is 11.6 Å². The zero-order valence-electron chi connectivity index (χ0n) is 9.92. The number of halogens is 2. The van der Waals surface area contributed by atoms with Crippen molar-refractivity contribution in [1.82, 2.24) is 15.0 Å². The molecule has 1 heterocycles. The fraction of sp³-hybridized carbons (Fsp3) is 0. The molecular formula is C13H7BrClN3O2. The summed E-state index contributed by atoms with van der Waals surface area (Å²) in [6.07, 6.45) is 0. The highest BCUT2D eigenvalue weighted by Crippen LogP contribution is 2.28. The minimum Gasteiger partial charge on any atom is -0.478 e. The second kappa shape index (κ2) is 4.88. The zero-order chi connectivity index (χ0) is 14.3. The number of carboxylic acid groups (broad SMARTS) is 1. The van der Waals surface area contributed by atoms with E-state index >= 15 is 0 Å². The Hall–Kier alpha value is -1.92. The monoisotopic (exact) mass is 351 g/mol. The summed E-state index contributed by atoms with van der Waals surface area (Å²) >= 11 is 9.30. The molecule has 0 saturated carbocycles. The molecule has 3 rings (SSSR count). The number of hydrogen-bond donors (Lipinski definition) is 1. The Morgan fingerprint density at radius 2 is 2.10 bits per heavy atom. The summed E-state index contributed by atoms with van der Waals surface area (Å²) in [5, 5.41) is 17.9. The summed E-state index contributed by atoms with van der Waals surface area (Å²) in [5.41, 5.74) is 1.79. The summed E-state index contributed by atoms with van der Waals surface area (Å²) in [5.74, 6) is -1.02. The number of carboxylic acids is 1. The van der Waals surface area contributed by atoms with Crippen molar-refractivity contribution in [2.45, 2.75) is 0 Å². The zero-order valence-corrected chi connectivity index (χ0v) is 12.3. The van der Waals surface area contributed by atoms with E-state index in [-0.39, 0.29) is 5.56 Å². The molecule has 0 radical (unpaired) electrons. The Labute approximate surface area is 126 Å². The molecule has 20 heavy (non-hydrogen) atoms. The summed E-state index contributed by atoms with van der Waals surface area (Å²) in [4.78, 5) is 11.3. The van der Waals surface area contributed by atoms with Gasteiger partial charge in [0.2, 0.25) is 0 Å². The maximum Gasteiger partial charge on any atom is 0.337 e. The molecule has 0 aliphatic heterocycles. The number of fused-ring (bicyclic) bond motifs is 1. The third-order valence-corrected chi connectivity index (χ3v) is 3.71. The molecule has 7 heteroatoms. The van der Waals surface area contributed by atoms with Crippen molar-refractivity contribution in [3.63, 3.8) is 0 Å². The average molecular weight is 353 g/mol. The highest BCUT2D eigenvalue weighted by atomic mass is 79.9. The third-order valence-electron chi connectivity index (χ3n) is 2.84. The topological polar surface area (TPSA) is 68.0 Å². The van der Waals surface area contributed by atoms with Gasteiger partial charge >= 0.3 is 5.97 Å². The van der Waals surface area contributed by atoms with Gasteiger partial charge in [-0.25, -0.2) is 9.48 Å². The third kappa shape index (κ3) is 2.07. The SMILES string of the molecule is O=C(O)c1cccc2nnn(-c3ccc(Cl)cc3Br)c12. The van der Waals surface area contributed by atoms with Crippen LogP contribution in [0.1, 0.15) is 10.4 Å². The van der Waals surface area contributed by atoms with E-state index in [9.17, 15) is 9.90 Å². The van der Waals surface area contributed by atoms with E-state index < -0.39 is 5.97 Å². The molecule has 0 fully saturated rings. The van der Waals surface area contributed by atoms with Gasteiger partial charge in [0.1, 0.15) is 11.0 Å². The molecule has 0 atom stereocenters. The Balaban J connectivity index is 2.34. The van der Waals surface area contributed by atoms with Gasteiger partial charge in [0.05, 0.1) is 11.3 Å². The first-order valence-electron chi connectivity index (χ1n) is 5.61. The van der Waals surface area contributed by atoms with Crippen LogP contribution in [0.5, 0.6) is 0 Å². The summed E-state index contributed by atoms with van der Waals surface area (Å²) in [6.45, 7) is 0. The van der Waals surface area contributed by atoms with Crippen LogP contribution in [0.4, 0.5) is 0 Å². The maximum atomic E-state index is 11.3. The molecule has 0 amide bonds. The van der Waals surface area contributed by atoms with Gasteiger partial charge in [-0.1, -0.05) is 22.9 Å². The molecule has 0 spiro atoms. The van der Waals surface area contributed by atoms with Crippen molar-refractivity contribution in [2.24, 2.45) is 0 Å². The molecule has 5 nitrogen and oxygen atoms in total. The van der Waals surface area contributed by atoms with Crippen LogP contribution in [0.3, 0.4) is 0 Å². The normalized spacial score (nSPS) is 10.9. The average Bonchev–Trinajstić information content (AvgIpc) is 2.82. The number of carbonyl (C=O) groups is 1. The number of hydrogen-bond acceptors (Lipinski definition) is 3. The summed E-state index contributed by atoms with van der Waals surface area (Å²) in [6, 6.07) is 10.1. The first-order chi connectivity index (χ1) is 9.58. The summed E-state index contributed by atoms with van der Waals surface area (Å²) in [7, 11) is 0. The lowest BCUT2D eigenvalue weighted by Crippen LogP contribution is -2.04. The molecule has 3 aromatic rings. The lowest BCUT2D eigenvalue weighted by Gasteiger charge is -2.07. The van der Waals surface area contributed by atoms with Crippen LogP contribution in [0.15, 0.2) is 40.9 Å². The molecule has 0 unspecified atom stereocenters. The van der Waals surface area contributed by atoms with Crippen LogP contribution < -0.4 is 0 Å². The number of benzene rings is 2. The highest BCUT2D eigenvalue weighted by Gasteiger charge is 2.16. The van der Waals surface area contributed by atoms with Crippen molar-refractivity contribution >= 4 is 44.5 Å². The Morgan fingerprint density at radius 1 is 1.30 bits per heavy atom. The molecule has 0 bridgehead atoms. The fourth-order valence-electron chi connectivity index (χ4n) is 1.97. The smallest absolute Gasteiger partial charge is 0.337 e. The number of nitrogens with zero attached hydrogens (tertiary/aromatic N) is 3. The van der Waals surface area contributed by atoms with Crippen LogP contribution in [-0.2, 0) is 0 Å². The molecule has 0 aliphatic carbocycles. The lowest BCUT2D eigenvalue weighted by atomic mass is 10.2. The first kappa shape index (κ1) is 13.1. The first-order valence-corrected chi connectivity index (χ1v) is 6.78. The van der Waals surface area contributed by atoms with Crippen molar-refractivity contribution in [3.8, 4) is 5.69 Å². The van der Waals surface area contributed by atoms with E-state index in [1.54, 1.807) is 30.3 Å². The maximum absolute atomic E-state index is 11.3. The van der Waals surface area contributed by atoms with E-state index in [0.717, 1.165) is 0 Å².